The fourth-order valence-corrected chi connectivity index (χ4v) is 4.31. The molecule has 0 spiro atoms. The SMILES string of the molecule is NCNC[C@H]1O[C@H](COCc2ccccc2)C[C@H](OCc2ccccc2)[C@@H]1OCc1ccccc1. The monoisotopic (exact) mass is 476 g/mol. The summed E-state index contributed by atoms with van der Waals surface area (Å²) >= 11 is 0. The van der Waals surface area contributed by atoms with Gasteiger partial charge < -0.3 is 30.0 Å². The zero-order valence-corrected chi connectivity index (χ0v) is 20.1. The van der Waals surface area contributed by atoms with Crippen LogP contribution in [0.5, 0.6) is 0 Å². The summed E-state index contributed by atoms with van der Waals surface area (Å²) in [5.74, 6) is 0. The van der Waals surface area contributed by atoms with Crippen molar-refractivity contribution in [2.24, 2.45) is 5.73 Å². The third-order valence-corrected chi connectivity index (χ3v) is 6.09. The van der Waals surface area contributed by atoms with Gasteiger partial charge in [0.1, 0.15) is 6.10 Å². The van der Waals surface area contributed by atoms with Gasteiger partial charge in [-0.1, -0.05) is 91.0 Å². The van der Waals surface area contributed by atoms with Crippen LogP contribution in [0.15, 0.2) is 91.0 Å². The van der Waals surface area contributed by atoms with Crippen molar-refractivity contribution in [1.29, 1.82) is 0 Å². The van der Waals surface area contributed by atoms with E-state index in [4.69, 9.17) is 24.7 Å². The van der Waals surface area contributed by atoms with Crippen LogP contribution in [0, 0.1) is 0 Å². The van der Waals surface area contributed by atoms with Crippen molar-refractivity contribution in [1.82, 2.24) is 5.32 Å². The molecule has 0 aliphatic carbocycles. The van der Waals surface area contributed by atoms with Crippen molar-refractivity contribution in [3.05, 3.63) is 108 Å². The van der Waals surface area contributed by atoms with E-state index in [0.717, 1.165) is 16.7 Å². The molecule has 3 aromatic carbocycles. The van der Waals surface area contributed by atoms with E-state index in [1.165, 1.54) is 0 Å². The number of nitrogens with two attached hydrogens (primary N) is 1. The van der Waals surface area contributed by atoms with Crippen LogP contribution < -0.4 is 11.1 Å². The predicted molar refractivity (Wildman–Crippen MR) is 136 cm³/mol. The lowest BCUT2D eigenvalue weighted by Gasteiger charge is -2.41. The lowest BCUT2D eigenvalue weighted by atomic mass is 9.97. The first-order valence-electron chi connectivity index (χ1n) is 12.3. The normalized spacial score (nSPS) is 22.2. The van der Waals surface area contributed by atoms with Gasteiger partial charge >= 0.3 is 0 Å². The van der Waals surface area contributed by atoms with E-state index in [-0.39, 0.29) is 24.4 Å². The molecule has 6 heteroatoms. The summed E-state index contributed by atoms with van der Waals surface area (Å²) in [4.78, 5) is 0. The Morgan fingerprint density at radius 2 is 1.29 bits per heavy atom. The first-order valence-corrected chi connectivity index (χ1v) is 12.3. The Bertz CT molecular complexity index is 958. The van der Waals surface area contributed by atoms with Crippen molar-refractivity contribution in [3.8, 4) is 0 Å². The molecular formula is C29H36N2O4. The van der Waals surface area contributed by atoms with E-state index in [9.17, 15) is 0 Å². The summed E-state index contributed by atoms with van der Waals surface area (Å²) in [6, 6.07) is 30.6. The second-order valence-corrected chi connectivity index (χ2v) is 8.79. The number of rotatable bonds is 13. The van der Waals surface area contributed by atoms with Gasteiger partial charge in [0.05, 0.1) is 44.7 Å². The van der Waals surface area contributed by atoms with E-state index < -0.39 is 0 Å². The number of nitrogens with one attached hydrogen (secondary N) is 1. The lowest BCUT2D eigenvalue weighted by molar-refractivity contribution is -0.215. The first-order chi connectivity index (χ1) is 17.3. The van der Waals surface area contributed by atoms with E-state index in [1.807, 2.05) is 54.6 Å². The molecule has 1 fully saturated rings. The molecule has 6 nitrogen and oxygen atoms in total. The molecule has 3 aromatic rings. The number of benzene rings is 3. The zero-order chi connectivity index (χ0) is 24.1. The van der Waals surface area contributed by atoms with Gasteiger partial charge in [-0.3, -0.25) is 0 Å². The van der Waals surface area contributed by atoms with E-state index in [2.05, 4.69) is 41.7 Å². The largest absolute Gasteiger partial charge is 0.374 e. The third-order valence-electron chi connectivity index (χ3n) is 6.09. The van der Waals surface area contributed by atoms with Gasteiger partial charge in [-0.15, -0.1) is 0 Å². The van der Waals surface area contributed by atoms with Gasteiger partial charge in [-0.05, 0) is 16.7 Å². The highest BCUT2D eigenvalue weighted by molar-refractivity contribution is 5.15. The van der Waals surface area contributed by atoms with Crippen LogP contribution in [-0.2, 0) is 38.8 Å². The molecule has 1 saturated heterocycles. The van der Waals surface area contributed by atoms with Gasteiger partial charge in [0.25, 0.3) is 0 Å². The minimum absolute atomic E-state index is 0.0966. The minimum atomic E-state index is -0.233. The maximum absolute atomic E-state index is 6.46. The highest BCUT2D eigenvalue weighted by atomic mass is 16.6. The molecule has 1 heterocycles. The highest BCUT2D eigenvalue weighted by Crippen LogP contribution is 2.27. The number of hydrogen-bond donors (Lipinski definition) is 2. The smallest absolute Gasteiger partial charge is 0.112 e. The van der Waals surface area contributed by atoms with Crippen molar-refractivity contribution >= 4 is 0 Å². The van der Waals surface area contributed by atoms with Crippen LogP contribution in [0.25, 0.3) is 0 Å². The van der Waals surface area contributed by atoms with Crippen LogP contribution >= 0.6 is 0 Å². The second-order valence-electron chi connectivity index (χ2n) is 8.79. The molecule has 0 radical (unpaired) electrons. The maximum Gasteiger partial charge on any atom is 0.112 e. The Kier molecular flexibility index (Phi) is 10.3. The average molecular weight is 477 g/mol. The van der Waals surface area contributed by atoms with E-state index >= 15 is 0 Å². The van der Waals surface area contributed by atoms with Gasteiger partial charge in [0.15, 0.2) is 0 Å². The fraction of sp³-hybridized carbons (Fsp3) is 0.379. The van der Waals surface area contributed by atoms with Crippen molar-refractivity contribution in [2.75, 3.05) is 19.8 Å². The van der Waals surface area contributed by atoms with Crippen molar-refractivity contribution in [2.45, 2.75) is 50.7 Å². The molecule has 0 aromatic heterocycles. The molecule has 3 N–H and O–H groups in total. The van der Waals surface area contributed by atoms with Crippen LogP contribution in [-0.4, -0.2) is 44.2 Å². The molecule has 1 aliphatic rings. The standard InChI is InChI=1S/C29H36N2O4/c30-22-31-17-28-29(34-20-25-14-8-3-9-15-25)27(33-19-24-12-6-2-7-13-24)16-26(35-28)21-32-18-23-10-4-1-5-11-23/h1-15,26-29,31H,16-22,30H2/t26-,27-,28+,29-/m0/s1. The van der Waals surface area contributed by atoms with Crippen molar-refractivity contribution < 1.29 is 18.9 Å². The summed E-state index contributed by atoms with van der Waals surface area (Å²) in [6.45, 7) is 3.01. The number of ether oxygens (including phenoxy) is 4. The van der Waals surface area contributed by atoms with E-state index in [1.54, 1.807) is 0 Å². The molecule has 1 aliphatic heterocycles. The fourth-order valence-electron chi connectivity index (χ4n) is 4.31. The van der Waals surface area contributed by atoms with Crippen LogP contribution in [0.1, 0.15) is 23.1 Å². The Balaban J connectivity index is 1.43. The van der Waals surface area contributed by atoms with Crippen LogP contribution in [0.2, 0.25) is 0 Å². The average Bonchev–Trinajstić information content (AvgIpc) is 2.91. The lowest BCUT2D eigenvalue weighted by Crippen LogP contribution is -2.55. The zero-order valence-electron chi connectivity index (χ0n) is 20.1. The second kappa shape index (κ2) is 14.1. The molecule has 186 valence electrons. The topological polar surface area (TPSA) is 75.0 Å². The Labute approximate surface area is 208 Å². The van der Waals surface area contributed by atoms with Gasteiger partial charge in [-0.2, -0.15) is 0 Å². The van der Waals surface area contributed by atoms with Crippen LogP contribution in [0.3, 0.4) is 0 Å². The highest BCUT2D eigenvalue weighted by Gasteiger charge is 2.40. The van der Waals surface area contributed by atoms with Crippen molar-refractivity contribution in [3.63, 3.8) is 0 Å². The molecule has 0 saturated carbocycles. The molecule has 4 atom stereocenters. The summed E-state index contributed by atoms with van der Waals surface area (Å²) in [5, 5.41) is 3.22. The predicted octanol–water partition coefficient (Wildman–Crippen LogP) is 4.04. The summed E-state index contributed by atoms with van der Waals surface area (Å²) in [5.41, 5.74) is 9.14. The molecule has 0 bridgehead atoms. The Morgan fingerprint density at radius 3 is 1.86 bits per heavy atom. The maximum atomic E-state index is 6.46. The molecule has 4 rings (SSSR count). The Morgan fingerprint density at radius 1 is 0.743 bits per heavy atom. The quantitative estimate of drug-likeness (QED) is 0.363. The van der Waals surface area contributed by atoms with Gasteiger partial charge in [0, 0.05) is 19.6 Å². The Hall–Kier alpha value is -2.58. The molecular weight excluding hydrogens is 440 g/mol. The van der Waals surface area contributed by atoms with E-state index in [0.29, 0.717) is 46.1 Å². The van der Waals surface area contributed by atoms with Gasteiger partial charge in [0.2, 0.25) is 0 Å². The summed E-state index contributed by atoms with van der Waals surface area (Å²) in [6.07, 6.45) is 0.0221. The van der Waals surface area contributed by atoms with Crippen LogP contribution in [0.4, 0.5) is 0 Å². The van der Waals surface area contributed by atoms with Gasteiger partial charge in [-0.25, -0.2) is 0 Å². The minimum Gasteiger partial charge on any atom is -0.374 e. The molecule has 0 amide bonds. The summed E-state index contributed by atoms with van der Waals surface area (Å²) < 4.78 is 25.4. The number of hydrogen-bond acceptors (Lipinski definition) is 6. The molecule has 35 heavy (non-hydrogen) atoms. The molecule has 0 unspecified atom stereocenters. The first kappa shape index (κ1) is 25.5. The third kappa shape index (κ3) is 8.25. The summed E-state index contributed by atoms with van der Waals surface area (Å²) in [7, 11) is 0.